The molecule has 7 heterocycles. The molecule has 8 heteroatoms. The van der Waals surface area contributed by atoms with E-state index in [1.165, 1.54) is 11.1 Å². The molecule has 0 saturated heterocycles. The molecular formula is C82H54N8. The van der Waals surface area contributed by atoms with Gasteiger partial charge in [0, 0.05) is 78.6 Å². The Morgan fingerprint density at radius 3 is 0.867 bits per heavy atom. The van der Waals surface area contributed by atoms with Crippen molar-refractivity contribution in [2.45, 2.75) is 11.6 Å². The van der Waals surface area contributed by atoms with Crippen molar-refractivity contribution in [1.82, 2.24) is 19.1 Å². The van der Waals surface area contributed by atoms with E-state index in [-0.39, 0.29) is 11.8 Å². The molecule has 0 saturated carbocycles. The van der Waals surface area contributed by atoms with Gasteiger partial charge in [-0.05, 0) is 58.7 Å². The number of allylic oxidation sites excluding steroid dienone is 8. The van der Waals surface area contributed by atoms with Crippen molar-refractivity contribution < 1.29 is 0 Å². The monoisotopic (exact) mass is 1150 g/mol. The molecule has 6 bridgehead atoms. The number of aromatic nitrogens is 4. The van der Waals surface area contributed by atoms with Gasteiger partial charge in [0.2, 0.25) is 0 Å². The number of hydrogen-bond acceptors (Lipinski definition) is 6. The molecule has 422 valence electrons. The summed E-state index contributed by atoms with van der Waals surface area (Å²) in [5.74, 6) is -1.85. The van der Waals surface area contributed by atoms with Gasteiger partial charge in [-0.15, -0.1) is 0 Å². The van der Waals surface area contributed by atoms with Crippen LogP contribution < -0.4 is 0 Å². The lowest BCUT2D eigenvalue weighted by Crippen LogP contribution is -2.34. The standard InChI is InChI=1S/C82H54N8/c1-9-27-54(28-10-1)71-72(55-29-11-2-12-30-55)86-81(85-71)66-49-62-47-64(51-66)80-84-76(59-37-19-6-20-38-59)78(61-41-23-8-24-42-61)90(80)82(87-73(56-31-13-3-14-32-56)74(88-82)57-33-15-4-16-34-57)67-50-63(69-46-26-44-53-43-25-45-68(62)70(53)69)48-65(52-67)79-83-75(58-35-17-5-18-36-58)77(89(79)81)60-39-21-7-22-40-60/h1-53,70H. The Morgan fingerprint density at radius 1 is 0.278 bits per heavy atom. The van der Waals surface area contributed by atoms with Crippen molar-refractivity contribution in [2.75, 3.05) is 0 Å². The maximum Gasteiger partial charge on any atom is 0.261 e. The third kappa shape index (κ3) is 8.01. The van der Waals surface area contributed by atoms with Crippen LogP contribution in [0.15, 0.2) is 335 Å². The molecule has 0 unspecified atom stereocenters. The first-order chi connectivity index (χ1) is 44.6. The fraction of sp³-hybridized carbons (Fsp3) is 0.0488. The average Bonchev–Trinajstić information content (AvgIpc) is 1.57. The predicted molar refractivity (Wildman–Crippen MR) is 364 cm³/mol. The summed E-state index contributed by atoms with van der Waals surface area (Å²) >= 11 is 0. The molecule has 90 heavy (non-hydrogen) atoms. The van der Waals surface area contributed by atoms with Crippen LogP contribution in [0.4, 0.5) is 0 Å². The van der Waals surface area contributed by atoms with Crippen LogP contribution in [0.1, 0.15) is 44.5 Å². The number of benzene rings is 10. The van der Waals surface area contributed by atoms with Gasteiger partial charge in [-0.1, -0.05) is 279 Å². The molecule has 8 nitrogen and oxygen atoms in total. The summed E-state index contributed by atoms with van der Waals surface area (Å²) in [6.07, 6.45) is 13.8. The summed E-state index contributed by atoms with van der Waals surface area (Å²) in [6, 6.07) is 98.7. The highest BCUT2D eigenvalue weighted by atomic mass is 15.4. The van der Waals surface area contributed by atoms with Gasteiger partial charge in [0.1, 0.15) is 11.6 Å². The highest BCUT2D eigenvalue weighted by Crippen LogP contribution is 2.55. The van der Waals surface area contributed by atoms with Gasteiger partial charge < -0.3 is 0 Å². The van der Waals surface area contributed by atoms with E-state index in [2.05, 4.69) is 325 Å². The smallest absolute Gasteiger partial charge is 0.261 e. The van der Waals surface area contributed by atoms with Crippen LogP contribution in [-0.4, -0.2) is 41.9 Å². The minimum absolute atomic E-state index is 0.0412. The van der Waals surface area contributed by atoms with E-state index < -0.39 is 11.6 Å². The van der Waals surface area contributed by atoms with Crippen LogP contribution in [0.2, 0.25) is 0 Å². The Morgan fingerprint density at radius 2 is 0.556 bits per heavy atom. The largest absolute Gasteiger partial charge is 0.275 e. The predicted octanol–water partition coefficient (Wildman–Crippen LogP) is 17.8. The van der Waals surface area contributed by atoms with Crippen LogP contribution in [0.3, 0.4) is 0 Å². The van der Waals surface area contributed by atoms with Gasteiger partial charge in [-0.2, -0.15) is 0 Å². The lowest BCUT2D eigenvalue weighted by molar-refractivity contribution is 0.403. The Hall–Kier alpha value is -11.7. The molecular weight excluding hydrogens is 1100 g/mol. The van der Waals surface area contributed by atoms with Crippen LogP contribution in [0.5, 0.6) is 0 Å². The molecule has 0 fully saturated rings. The fourth-order valence-electron chi connectivity index (χ4n) is 14.4. The molecule has 0 radical (unpaired) electrons. The molecule has 7 aliphatic rings. The van der Waals surface area contributed by atoms with E-state index in [4.69, 9.17) is 29.9 Å². The number of rotatable bonds is 8. The van der Waals surface area contributed by atoms with Crippen LogP contribution in [-0.2, 0) is 11.6 Å². The number of hydrogen-bond donors (Lipinski definition) is 0. The lowest BCUT2D eigenvalue weighted by Gasteiger charge is -2.37. The topological polar surface area (TPSA) is 85.1 Å². The first kappa shape index (κ1) is 51.5. The SMILES string of the molecule is C1=CC2C=CC=C3c4cc5cc(c4)C4(N=C(c6ccccc6)C(c6ccccc6)=N4)n4c(nc(-c6ccccc6)c4-c4ccccc4)-c4cc(cc(c4)C4(N=C(c6ccccc6)C(c6ccccc6)=N4)n4c-5nc(-c5ccccc5)c4-c4ccccc4)C(=C1)C32. The summed E-state index contributed by atoms with van der Waals surface area (Å²) in [4.78, 5) is 37.4. The van der Waals surface area contributed by atoms with Crippen LogP contribution in [0.25, 0.3) is 79.0 Å². The van der Waals surface area contributed by atoms with E-state index in [1.807, 2.05) is 0 Å². The third-order valence-electron chi connectivity index (χ3n) is 18.4. The minimum atomic E-state index is -1.57. The lowest BCUT2D eigenvalue weighted by atomic mass is 9.70. The molecule has 0 N–H and O–H groups in total. The van der Waals surface area contributed by atoms with Crippen molar-refractivity contribution in [3.63, 3.8) is 0 Å². The van der Waals surface area contributed by atoms with Gasteiger partial charge in [0.15, 0.2) is 0 Å². The Kier molecular flexibility index (Phi) is 11.7. The van der Waals surface area contributed by atoms with Gasteiger partial charge in [0.25, 0.3) is 11.6 Å². The number of aliphatic imine (C=N–C) groups is 4. The van der Waals surface area contributed by atoms with E-state index >= 15 is 0 Å². The van der Waals surface area contributed by atoms with E-state index in [9.17, 15) is 0 Å². The zero-order chi connectivity index (χ0) is 59.3. The normalized spacial score (nSPS) is 17.4. The van der Waals surface area contributed by atoms with E-state index in [0.717, 1.165) is 124 Å². The highest BCUT2D eigenvalue weighted by Gasteiger charge is 2.50. The summed E-state index contributed by atoms with van der Waals surface area (Å²) < 4.78 is 4.72. The fourth-order valence-corrected chi connectivity index (χ4v) is 14.4. The van der Waals surface area contributed by atoms with Crippen LogP contribution in [0, 0.1) is 11.8 Å². The number of imidazole rings is 2. The second-order valence-corrected chi connectivity index (χ2v) is 23.6. The molecule has 2 spiro atoms. The van der Waals surface area contributed by atoms with Gasteiger partial charge >= 0.3 is 0 Å². The molecule has 2 aromatic heterocycles. The van der Waals surface area contributed by atoms with Crippen molar-refractivity contribution in [3.05, 3.63) is 360 Å². The summed E-state index contributed by atoms with van der Waals surface area (Å²) in [6.45, 7) is 0. The second-order valence-electron chi connectivity index (χ2n) is 23.6. The maximum absolute atomic E-state index is 6.30. The zero-order valence-electron chi connectivity index (χ0n) is 48.8. The Bertz CT molecular complexity index is 4690. The number of nitrogens with zero attached hydrogens (tertiary/aromatic N) is 8. The van der Waals surface area contributed by atoms with Crippen molar-refractivity contribution >= 4 is 34.0 Å². The van der Waals surface area contributed by atoms with Crippen molar-refractivity contribution in [3.8, 4) is 67.8 Å². The summed E-state index contributed by atoms with van der Waals surface area (Å²) in [5.41, 5.74) is 21.7. The summed E-state index contributed by atoms with van der Waals surface area (Å²) in [7, 11) is 0. The third-order valence-corrected chi connectivity index (χ3v) is 18.4. The van der Waals surface area contributed by atoms with Crippen molar-refractivity contribution in [1.29, 1.82) is 0 Å². The average molecular weight is 1150 g/mol. The van der Waals surface area contributed by atoms with E-state index in [0.29, 0.717) is 11.6 Å². The molecule has 12 aromatic rings. The molecule has 0 atom stereocenters. The molecule has 0 amide bonds. The molecule has 19 rings (SSSR count). The van der Waals surface area contributed by atoms with Gasteiger partial charge in [-0.25, -0.2) is 29.9 Å². The first-order valence-corrected chi connectivity index (χ1v) is 30.8. The molecule has 2 aliphatic carbocycles. The second kappa shape index (κ2) is 20.4. The Labute approximate surface area is 521 Å². The minimum Gasteiger partial charge on any atom is -0.275 e. The zero-order valence-corrected chi connectivity index (χ0v) is 48.8. The van der Waals surface area contributed by atoms with Crippen LogP contribution >= 0.6 is 0 Å². The van der Waals surface area contributed by atoms with Crippen molar-refractivity contribution in [2.24, 2.45) is 31.8 Å². The van der Waals surface area contributed by atoms with Gasteiger partial charge in [-0.3, -0.25) is 9.13 Å². The molecule has 5 aliphatic heterocycles. The highest BCUT2D eigenvalue weighted by molar-refractivity contribution is 6.55. The first-order valence-electron chi connectivity index (χ1n) is 30.8. The Balaban J connectivity index is 1.11. The quantitative estimate of drug-likeness (QED) is 0.152. The maximum atomic E-state index is 6.30. The molecule has 10 aromatic carbocycles. The van der Waals surface area contributed by atoms with E-state index in [1.54, 1.807) is 0 Å². The summed E-state index contributed by atoms with van der Waals surface area (Å²) in [5, 5.41) is 0. The van der Waals surface area contributed by atoms with Gasteiger partial charge in [0.05, 0.1) is 45.6 Å².